The molecule has 0 aliphatic heterocycles. The van der Waals surface area contributed by atoms with E-state index in [1.54, 1.807) is 0 Å². The van der Waals surface area contributed by atoms with E-state index in [4.69, 9.17) is 5.11 Å². The minimum Gasteiger partial charge on any atom is -0.396 e. The first kappa shape index (κ1) is 12.3. The van der Waals surface area contributed by atoms with Crippen molar-refractivity contribution in [3.05, 3.63) is 0 Å². The van der Waals surface area contributed by atoms with E-state index >= 15 is 0 Å². The highest BCUT2D eigenvalue weighted by molar-refractivity contribution is 7.98. The van der Waals surface area contributed by atoms with Crippen LogP contribution in [0.25, 0.3) is 0 Å². The molecule has 1 aliphatic rings. The average Bonchev–Trinajstić information content (AvgIpc) is 2.86. The lowest BCUT2D eigenvalue weighted by Crippen LogP contribution is -2.42. The molecular formula is C11H23NOS. The quantitative estimate of drug-likeness (QED) is 0.683. The molecule has 2 N–H and O–H groups in total. The monoisotopic (exact) mass is 217 g/mol. The summed E-state index contributed by atoms with van der Waals surface area (Å²) in [6.45, 7) is 4.92. The molecule has 0 heterocycles. The largest absolute Gasteiger partial charge is 0.396 e. The molecule has 84 valence electrons. The molecule has 1 rings (SSSR count). The zero-order chi connectivity index (χ0) is 10.6. The Morgan fingerprint density at radius 2 is 2.14 bits per heavy atom. The Morgan fingerprint density at radius 1 is 1.50 bits per heavy atom. The van der Waals surface area contributed by atoms with Crippen LogP contribution in [0.3, 0.4) is 0 Å². The fraction of sp³-hybridized carbons (Fsp3) is 1.00. The van der Waals surface area contributed by atoms with Gasteiger partial charge in [0.05, 0.1) is 0 Å². The molecule has 14 heavy (non-hydrogen) atoms. The van der Waals surface area contributed by atoms with E-state index in [-0.39, 0.29) is 0 Å². The highest BCUT2D eigenvalue weighted by atomic mass is 32.2. The van der Waals surface area contributed by atoms with Gasteiger partial charge < -0.3 is 10.4 Å². The summed E-state index contributed by atoms with van der Waals surface area (Å²) in [5.74, 6) is 1.10. The van der Waals surface area contributed by atoms with Crippen molar-refractivity contribution < 1.29 is 5.11 Å². The highest BCUT2D eigenvalue weighted by Gasteiger charge is 2.42. The molecule has 0 saturated heterocycles. The SMILES string of the molecule is CSCC(CCO)NC(C)C1(C)CC1. The lowest BCUT2D eigenvalue weighted by Gasteiger charge is -2.26. The number of nitrogens with one attached hydrogen (secondary N) is 1. The molecule has 0 bridgehead atoms. The van der Waals surface area contributed by atoms with Crippen molar-refractivity contribution in [2.24, 2.45) is 5.41 Å². The van der Waals surface area contributed by atoms with Crippen LogP contribution in [0.1, 0.15) is 33.1 Å². The van der Waals surface area contributed by atoms with Crippen molar-refractivity contribution in [1.82, 2.24) is 5.32 Å². The summed E-state index contributed by atoms with van der Waals surface area (Å²) in [5.41, 5.74) is 0.534. The van der Waals surface area contributed by atoms with Gasteiger partial charge >= 0.3 is 0 Å². The number of aliphatic hydroxyl groups is 1. The molecule has 0 aromatic carbocycles. The van der Waals surface area contributed by atoms with E-state index in [9.17, 15) is 0 Å². The van der Waals surface area contributed by atoms with E-state index in [1.165, 1.54) is 12.8 Å². The summed E-state index contributed by atoms with van der Waals surface area (Å²) in [6.07, 6.45) is 5.70. The first-order valence-corrected chi connectivity index (χ1v) is 6.87. The number of aliphatic hydroxyl groups excluding tert-OH is 1. The molecule has 0 amide bonds. The molecule has 2 unspecified atom stereocenters. The molecule has 0 spiro atoms. The Morgan fingerprint density at radius 3 is 2.57 bits per heavy atom. The van der Waals surface area contributed by atoms with Gasteiger partial charge in [-0.15, -0.1) is 0 Å². The summed E-state index contributed by atoms with van der Waals surface area (Å²) in [4.78, 5) is 0. The normalized spacial score (nSPS) is 23.1. The summed E-state index contributed by atoms with van der Waals surface area (Å²) in [7, 11) is 0. The Hall–Kier alpha value is 0.270. The third-order valence-corrected chi connectivity index (χ3v) is 4.15. The number of hydrogen-bond acceptors (Lipinski definition) is 3. The second-order valence-electron chi connectivity index (χ2n) is 4.71. The topological polar surface area (TPSA) is 32.3 Å². The predicted molar refractivity (Wildman–Crippen MR) is 63.8 cm³/mol. The van der Waals surface area contributed by atoms with Crippen LogP contribution in [0.2, 0.25) is 0 Å². The standard InChI is InChI=1S/C11H23NOS/c1-9(11(2)5-6-11)12-10(4-7-13)8-14-3/h9-10,12-13H,4-8H2,1-3H3. The summed E-state index contributed by atoms with van der Waals surface area (Å²) in [5, 5.41) is 12.6. The van der Waals surface area contributed by atoms with Crippen LogP contribution in [0.15, 0.2) is 0 Å². The van der Waals surface area contributed by atoms with Gasteiger partial charge in [-0.05, 0) is 37.9 Å². The average molecular weight is 217 g/mol. The Bertz CT molecular complexity index is 165. The Kier molecular flexibility index (Phi) is 4.74. The van der Waals surface area contributed by atoms with E-state index in [1.807, 2.05) is 11.8 Å². The maximum absolute atomic E-state index is 8.95. The third-order valence-electron chi connectivity index (χ3n) is 3.42. The maximum atomic E-state index is 8.95. The van der Waals surface area contributed by atoms with Crippen molar-refractivity contribution in [2.75, 3.05) is 18.6 Å². The smallest absolute Gasteiger partial charge is 0.0446 e. The van der Waals surface area contributed by atoms with Crippen LogP contribution >= 0.6 is 11.8 Å². The van der Waals surface area contributed by atoms with Crippen LogP contribution in [-0.4, -0.2) is 35.8 Å². The maximum Gasteiger partial charge on any atom is 0.0446 e. The fourth-order valence-electron chi connectivity index (χ4n) is 1.76. The molecular weight excluding hydrogens is 194 g/mol. The summed E-state index contributed by atoms with van der Waals surface area (Å²) >= 11 is 1.85. The van der Waals surface area contributed by atoms with Crippen LogP contribution in [0.5, 0.6) is 0 Å². The van der Waals surface area contributed by atoms with Crippen LogP contribution in [0, 0.1) is 5.41 Å². The first-order chi connectivity index (χ1) is 6.62. The minimum atomic E-state index is 0.293. The van der Waals surface area contributed by atoms with Gasteiger partial charge in [0.2, 0.25) is 0 Å². The first-order valence-electron chi connectivity index (χ1n) is 5.48. The summed E-state index contributed by atoms with van der Waals surface area (Å²) in [6, 6.07) is 1.06. The van der Waals surface area contributed by atoms with Crippen molar-refractivity contribution in [3.63, 3.8) is 0 Å². The second kappa shape index (κ2) is 5.38. The molecule has 0 radical (unpaired) electrons. The molecule has 1 fully saturated rings. The molecule has 2 atom stereocenters. The molecule has 0 aromatic rings. The summed E-state index contributed by atoms with van der Waals surface area (Å²) < 4.78 is 0. The zero-order valence-corrected chi connectivity index (χ0v) is 10.4. The van der Waals surface area contributed by atoms with Gasteiger partial charge in [0.1, 0.15) is 0 Å². The Balaban J connectivity index is 2.30. The van der Waals surface area contributed by atoms with Gasteiger partial charge in [-0.1, -0.05) is 6.92 Å². The van der Waals surface area contributed by atoms with Crippen molar-refractivity contribution in [3.8, 4) is 0 Å². The number of thioether (sulfide) groups is 1. The fourth-order valence-corrected chi connectivity index (χ4v) is 2.42. The van der Waals surface area contributed by atoms with Gasteiger partial charge in [-0.25, -0.2) is 0 Å². The molecule has 1 aliphatic carbocycles. The highest BCUT2D eigenvalue weighted by Crippen LogP contribution is 2.48. The minimum absolute atomic E-state index is 0.293. The molecule has 2 nitrogen and oxygen atoms in total. The number of rotatable bonds is 7. The van der Waals surface area contributed by atoms with Crippen molar-refractivity contribution in [1.29, 1.82) is 0 Å². The number of hydrogen-bond donors (Lipinski definition) is 2. The van der Waals surface area contributed by atoms with Crippen molar-refractivity contribution >= 4 is 11.8 Å². The van der Waals surface area contributed by atoms with Crippen molar-refractivity contribution in [2.45, 2.75) is 45.2 Å². The van der Waals surface area contributed by atoms with E-state index in [0.717, 1.165) is 12.2 Å². The predicted octanol–water partition coefficient (Wildman–Crippen LogP) is 1.88. The zero-order valence-electron chi connectivity index (χ0n) is 9.55. The van der Waals surface area contributed by atoms with Crippen LogP contribution < -0.4 is 5.32 Å². The van der Waals surface area contributed by atoms with Crippen LogP contribution in [0.4, 0.5) is 0 Å². The van der Waals surface area contributed by atoms with Gasteiger partial charge in [-0.2, -0.15) is 11.8 Å². The molecule has 0 aromatic heterocycles. The molecule has 3 heteroatoms. The van der Waals surface area contributed by atoms with E-state index < -0.39 is 0 Å². The van der Waals surface area contributed by atoms with Gasteiger partial charge in [0.25, 0.3) is 0 Å². The van der Waals surface area contributed by atoms with Gasteiger partial charge in [-0.3, -0.25) is 0 Å². The van der Waals surface area contributed by atoms with Gasteiger partial charge in [0.15, 0.2) is 0 Å². The van der Waals surface area contributed by atoms with Gasteiger partial charge in [0, 0.05) is 24.4 Å². The van der Waals surface area contributed by atoms with Crippen LogP contribution in [-0.2, 0) is 0 Å². The lowest BCUT2D eigenvalue weighted by molar-refractivity contribution is 0.254. The Labute approximate surface area is 91.9 Å². The second-order valence-corrected chi connectivity index (χ2v) is 5.62. The third kappa shape index (κ3) is 3.44. The van der Waals surface area contributed by atoms with E-state index in [0.29, 0.717) is 24.1 Å². The lowest BCUT2D eigenvalue weighted by atomic mass is 10.00. The molecule has 1 saturated carbocycles. The van der Waals surface area contributed by atoms with E-state index in [2.05, 4.69) is 25.4 Å².